The van der Waals surface area contributed by atoms with Crippen LogP contribution in [0.4, 0.5) is 0 Å². The topological polar surface area (TPSA) is 17.1 Å². The SMILES string of the molecule is CC/C=C/C[C@H]1C(=O)C=CC1CC. The first-order valence-corrected chi connectivity index (χ1v) is 5.16. The second-order valence-corrected chi connectivity index (χ2v) is 3.56. The van der Waals surface area contributed by atoms with E-state index in [1.165, 1.54) is 0 Å². The van der Waals surface area contributed by atoms with E-state index in [0.717, 1.165) is 19.3 Å². The van der Waals surface area contributed by atoms with Crippen molar-refractivity contribution in [2.24, 2.45) is 11.8 Å². The molecule has 0 bridgehead atoms. The number of hydrogen-bond donors (Lipinski definition) is 0. The summed E-state index contributed by atoms with van der Waals surface area (Å²) in [5.74, 6) is 1.02. The first kappa shape index (κ1) is 10.2. The fourth-order valence-electron chi connectivity index (χ4n) is 1.81. The molecule has 0 saturated carbocycles. The summed E-state index contributed by atoms with van der Waals surface area (Å²) in [6, 6.07) is 0. The minimum atomic E-state index is 0.229. The molecule has 0 heterocycles. The fraction of sp³-hybridized carbons (Fsp3) is 0.583. The highest BCUT2D eigenvalue weighted by molar-refractivity contribution is 5.94. The summed E-state index contributed by atoms with van der Waals surface area (Å²) in [5.41, 5.74) is 0. The van der Waals surface area contributed by atoms with Crippen molar-refractivity contribution < 1.29 is 4.79 Å². The number of carbonyl (C=O) groups is 1. The van der Waals surface area contributed by atoms with Gasteiger partial charge in [-0.05, 0) is 31.3 Å². The lowest BCUT2D eigenvalue weighted by Crippen LogP contribution is -2.14. The van der Waals surface area contributed by atoms with E-state index >= 15 is 0 Å². The predicted octanol–water partition coefficient (Wildman–Crippen LogP) is 3.12. The lowest BCUT2D eigenvalue weighted by molar-refractivity contribution is -0.118. The largest absolute Gasteiger partial charge is 0.295 e. The molecule has 0 N–H and O–H groups in total. The van der Waals surface area contributed by atoms with Crippen LogP contribution in [0.1, 0.15) is 33.1 Å². The Labute approximate surface area is 80.5 Å². The van der Waals surface area contributed by atoms with E-state index in [9.17, 15) is 4.79 Å². The summed E-state index contributed by atoms with van der Waals surface area (Å²) in [7, 11) is 0. The molecule has 1 unspecified atom stereocenters. The summed E-state index contributed by atoms with van der Waals surface area (Å²) in [5, 5.41) is 0. The van der Waals surface area contributed by atoms with E-state index in [2.05, 4.69) is 32.1 Å². The molecule has 1 nitrogen and oxygen atoms in total. The molecule has 1 aliphatic carbocycles. The van der Waals surface area contributed by atoms with Crippen LogP contribution in [-0.2, 0) is 4.79 Å². The van der Waals surface area contributed by atoms with Crippen LogP contribution in [-0.4, -0.2) is 5.78 Å². The highest BCUT2D eigenvalue weighted by atomic mass is 16.1. The molecular weight excluding hydrogens is 160 g/mol. The highest BCUT2D eigenvalue weighted by Gasteiger charge is 2.27. The van der Waals surface area contributed by atoms with Gasteiger partial charge in [-0.2, -0.15) is 0 Å². The Hall–Kier alpha value is -0.850. The molecule has 72 valence electrons. The molecule has 0 saturated heterocycles. The van der Waals surface area contributed by atoms with Crippen LogP contribution in [0.15, 0.2) is 24.3 Å². The van der Waals surface area contributed by atoms with E-state index in [1.54, 1.807) is 6.08 Å². The van der Waals surface area contributed by atoms with Crippen molar-refractivity contribution in [3.63, 3.8) is 0 Å². The molecule has 0 spiro atoms. The molecule has 0 aliphatic heterocycles. The Morgan fingerprint density at radius 2 is 2.15 bits per heavy atom. The van der Waals surface area contributed by atoms with Crippen LogP contribution < -0.4 is 0 Å². The maximum absolute atomic E-state index is 11.4. The number of carbonyl (C=O) groups excluding carboxylic acids is 1. The molecule has 0 radical (unpaired) electrons. The van der Waals surface area contributed by atoms with Crippen molar-refractivity contribution in [1.29, 1.82) is 0 Å². The fourth-order valence-corrected chi connectivity index (χ4v) is 1.81. The maximum Gasteiger partial charge on any atom is 0.159 e. The van der Waals surface area contributed by atoms with Crippen molar-refractivity contribution in [2.75, 3.05) is 0 Å². The smallest absolute Gasteiger partial charge is 0.159 e. The van der Waals surface area contributed by atoms with Gasteiger partial charge in [0.15, 0.2) is 5.78 Å². The maximum atomic E-state index is 11.4. The lowest BCUT2D eigenvalue weighted by atomic mass is 9.89. The average Bonchev–Trinajstić information content (AvgIpc) is 2.48. The van der Waals surface area contributed by atoms with E-state index in [0.29, 0.717) is 11.7 Å². The third-order valence-electron chi connectivity index (χ3n) is 2.65. The lowest BCUT2D eigenvalue weighted by Gasteiger charge is -2.13. The zero-order valence-corrected chi connectivity index (χ0v) is 8.49. The van der Waals surface area contributed by atoms with Gasteiger partial charge in [0, 0.05) is 5.92 Å². The van der Waals surface area contributed by atoms with E-state index in [1.807, 2.05) is 0 Å². The van der Waals surface area contributed by atoms with Crippen LogP contribution in [0.25, 0.3) is 0 Å². The Morgan fingerprint density at radius 1 is 1.38 bits per heavy atom. The van der Waals surface area contributed by atoms with E-state index in [-0.39, 0.29) is 5.92 Å². The van der Waals surface area contributed by atoms with Gasteiger partial charge in [-0.3, -0.25) is 4.79 Å². The van der Waals surface area contributed by atoms with Gasteiger partial charge in [0.05, 0.1) is 0 Å². The molecule has 13 heavy (non-hydrogen) atoms. The highest BCUT2D eigenvalue weighted by Crippen LogP contribution is 2.28. The van der Waals surface area contributed by atoms with Crippen molar-refractivity contribution in [3.05, 3.63) is 24.3 Å². The number of hydrogen-bond acceptors (Lipinski definition) is 1. The Bertz CT molecular complexity index is 225. The predicted molar refractivity (Wildman–Crippen MR) is 55.5 cm³/mol. The standard InChI is InChI=1S/C12H18O/c1-3-5-6-7-11-10(4-2)8-9-12(11)13/h5-6,8-11H,3-4,7H2,1-2H3/b6-5+/t10?,11-/m1/s1. The molecule has 0 aromatic carbocycles. The van der Waals surface area contributed by atoms with E-state index in [4.69, 9.17) is 0 Å². The van der Waals surface area contributed by atoms with Crippen LogP contribution in [0.2, 0.25) is 0 Å². The summed E-state index contributed by atoms with van der Waals surface area (Å²) in [6.45, 7) is 4.26. The van der Waals surface area contributed by atoms with Crippen LogP contribution in [0.5, 0.6) is 0 Å². The summed E-state index contributed by atoms with van der Waals surface area (Å²) < 4.78 is 0. The van der Waals surface area contributed by atoms with Crippen LogP contribution >= 0.6 is 0 Å². The second kappa shape index (κ2) is 5.00. The molecule has 0 aromatic rings. The van der Waals surface area contributed by atoms with Gasteiger partial charge in [0.25, 0.3) is 0 Å². The molecule has 1 aliphatic rings. The van der Waals surface area contributed by atoms with Gasteiger partial charge in [-0.25, -0.2) is 0 Å². The van der Waals surface area contributed by atoms with Gasteiger partial charge in [0.2, 0.25) is 0 Å². The molecule has 2 atom stereocenters. The first-order chi connectivity index (χ1) is 6.29. The Balaban J connectivity index is 2.48. The zero-order valence-electron chi connectivity index (χ0n) is 8.49. The van der Waals surface area contributed by atoms with Crippen molar-refractivity contribution >= 4 is 5.78 Å². The second-order valence-electron chi connectivity index (χ2n) is 3.56. The van der Waals surface area contributed by atoms with Crippen molar-refractivity contribution in [2.45, 2.75) is 33.1 Å². The zero-order chi connectivity index (χ0) is 9.68. The van der Waals surface area contributed by atoms with Gasteiger partial charge in [-0.15, -0.1) is 0 Å². The van der Waals surface area contributed by atoms with Crippen molar-refractivity contribution in [1.82, 2.24) is 0 Å². The normalized spacial score (nSPS) is 27.7. The van der Waals surface area contributed by atoms with Gasteiger partial charge >= 0.3 is 0 Å². The summed E-state index contributed by atoms with van der Waals surface area (Å²) >= 11 is 0. The van der Waals surface area contributed by atoms with Crippen LogP contribution in [0, 0.1) is 11.8 Å². The summed E-state index contributed by atoms with van der Waals surface area (Å²) in [4.78, 5) is 11.4. The minimum Gasteiger partial charge on any atom is -0.295 e. The molecule has 0 amide bonds. The first-order valence-electron chi connectivity index (χ1n) is 5.16. The Morgan fingerprint density at radius 3 is 2.77 bits per heavy atom. The molecule has 1 rings (SSSR count). The third kappa shape index (κ3) is 2.55. The Kier molecular flexibility index (Phi) is 3.94. The van der Waals surface area contributed by atoms with Crippen LogP contribution in [0.3, 0.4) is 0 Å². The third-order valence-corrected chi connectivity index (χ3v) is 2.65. The number of ketones is 1. The molecule has 1 heteroatoms. The van der Waals surface area contributed by atoms with Gasteiger partial charge in [0.1, 0.15) is 0 Å². The quantitative estimate of drug-likeness (QED) is 0.604. The van der Waals surface area contributed by atoms with E-state index < -0.39 is 0 Å². The molecular formula is C12H18O. The van der Waals surface area contributed by atoms with Gasteiger partial charge in [-0.1, -0.05) is 32.1 Å². The monoisotopic (exact) mass is 178 g/mol. The molecule has 0 fully saturated rings. The average molecular weight is 178 g/mol. The molecule has 0 aromatic heterocycles. The minimum absolute atomic E-state index is 0.229. The number of rotatable bonds is 4. The number of allylic oxidation sites excluding steroid dienone is 4. The van der Waals surface area contributed by atoms with Gasteiger partial charge < -0.3 is 0 Å². The van der Waals surface area contributed by atoms with Crippen molar-refractivity contribution in [3.8, 4) is 0 Å². The summed E-state index contributed by atoms with van der Waals surface area (Å²) in [6.07, 6.45) is 11.1.